The molecule has 29 heavy (non-hydrogen) atoms. The molecule has 1 amide bonds. The van der Waals surface area contributed by atoms with Crippen LogP contribution in [0.2, 0.25) is 0 Å². The Labute approximate surface area is 172 Å². The van der Waals surface area contributed by atoms with Gasteiger partial charge in [-0.05, 0) is 48.5 Å². The Morgan fingerprint density at radius 2 is 1.90 bits per heavy atom. The molecule has 8 heteroatoms. The van der Waals surface area contributed by atoms with Crippen LogP contribution in [0.5, 0.6) is 0 Å². The number of carbonyl (C=O) groups is 2. The normalized spacial score (nSPS) is 11.2. The fourth-order valence-electron chi connectivity index (χ4n) is 2.72. The van der Waals surface area contributed by atoms with Gasteiger partial charge in [0.15, 0.2) is 5.76 Å². The lowest BCUT2D eigenvalue weighted by Gasteiger charge is -1.99. The first kappa shape index (κ1) is 18.7. The molecule has 0 bridgehead atoms. The zero-order chi connectivity index (χ0) is 20.4. The highest BCUT2D eigenvalue weighted by atomic mass is 79.9. The molecule has 0 unspecified atom stereocenters. The summed E-state index contributed by atoms with van der Waals surface area (Å²) in [4.78, 5) is 23.3. The molecule has 0 saturated heterocycles. The number of amides is 1. The summed E-state index contributed by atoms with van der Waals surface area (Å²) in [7, 11) is 0. The lowest BCUT2D eigenvalue weighted by Crippen LogP contribution is -2.16. The number of hydrogen-bond acceptors (Lipinski definition) is 5. The Bertz CT molecular complexity index is 1250. The van der Waals surface area contributed by atoms with Gasteiger partial charge in [0.05, 0.1) is 11.8 Å². The highest BCUT2D eigenvalue weighted by molar-refractivity contribution is 9.10. The van der Waals surface area contributed by atoms with E-state index in [0.717, 1.165) is 9.86 Å². The second kappa shape index (κ2) is 7.76. The summed E-state index contributed by atoms with van der Waals surface area (Å²) in [6.45, 7) is 0. The van der Waals surface area contributed by atoms with Crippen LogP contribution in [0.1, 0.15) is 26.7 Å². The average Bonchev–Trinajstić information content (AvgIpc) is 3.34. The number of carbonyl (C=O) groups excluding carboxylic acids is 1. The van der Waals surface area contributed by atoms with E-state index in [2.05, 4.69) is 26.5 Å². The lowest BCUT2D eigenvalue weighted by molar-refractivity contribution is 0.0696. The summed E-state index contributed by atoms with van der Waals surface area (Å²) in [6, 6.07) is 16.8. The van der Waals surface area contributed by atoms with Gasteiger partial charge in [-0.15, -0.1) is 0 Å². The van der Waals surface area contributed by atoms with Crippen molar-refractivity contribution in [1.82, 2.24) is 5.43 Å². The minimum absolute atomic E-state index is 0.140. The summed E-state index contributed by atoms with van der Waals surface area (Å²) in [6.07, 6.45) is 1.35. The van der Waals surface area contributed by atoms with Gasteiger partial charge in [0.1, 0.15) is 17.1 Å². The Morgan fingerprint density at radius 3 is 2.72 bits per heavy atom. The van der Waals surface area contributed by atoms with Crippen LogP contribution in [0.15, 0.2) is 79.1 Å². The molecule has 0 aliphatic rings. The molecule has 0 atom stereocenters. The summed E-state index contributed by atoms with van der Waals surface area (Å²) in [5.41, 5.74) is 3.77. The van der Waals surface area contributed by atoms with Crippen molar-refractivity contribution in [1.29, 1.82) is 0 Å². The number of carboxylic acid groups (broad SMARTS) is 1. The molecule has 0 aliphatic carbocycles. The topological polar surface area (TPSA) is 105 Å². The summed E-state index contributed by atoms with van der Waals surface area (Å²) >= 11 is 3.37. The molecule has 4 aromatic rings. The van der Waals surface area contributed by atoms with Crippen LogP contribution in [0, 0.1) is 0 Å². The quantitative estimate of drug-likeness (QED) is 0.330. The van der Waals surface area contributed by atoms with Crippen molar-refractivity contribution >= 4 is 45.0 Å². The molecule has 7 nitrogen and oxygen atoms in total. The van der Waals surface area contributed by atoms with Crippen LogP contribution < -0.4 is 5.43 Å². The number of aromatic carboxylic acids is 1. The number of hydrogen-bond donors (Lipinski definition) is 2. The first-order valence-electron chi connectivity index (χ1n) is 8.46. The van der Waals surface area contributed by atoms with E-state index >= 15 is 0 Å². The summed E-state index contributed by atoms with van der Waals surface area (Å²) < 4.78 is 12.0. The predicted molar refractivity (Wildman–Crippen MR) is 110 cm³/mol. The maximum Gasteiger partial charge on any atom is 0.335 e. The van der Waals surface area contributed by atoms with E-state index in [4.69, 9.17) is 13.9 Å². The van der Waals surface area contributed by atoms with Crippen LogP contribution in [-0.2, 0) is 0 Å². The van der Waals surface area contributed by atoms with E-state index in [9.17, 15) is 9.59 Å². The molecule has 2 heterocycles. The van der Waals surface area contributed by atoms with E-state index in [1.54, 1.807) is 36.4 Å². The molecule has 0 fully saturated rings. The molecule has 4 rings (SSSR count). The van der Waals surface area contributed by atoms with Gasteiger partial charge in [0, 0.05) is 15.4 Å². The largest absolute Gasteiger partial charge is 0.478 e. The Balaban J connectivity index is 1.45. The van der Waals surface area contributed by atoms with Crippen molar-refractivity contribution in [2.45, 2.75) is 0 Å². The monoisotopic (exact) mass is 452 g/mol. The molecular weight excluding hydrogens is 440 g/mol. The number of benzene rings is 2. The number of rotatable bonds is 5. The molecule has 144 valence electrons. The van der Waals surface area contributed by atoms with Crippen LogP contribution in [0.3, 0.4) is 0 Å². The van der Waals surface area contributed by atoms with E-state index in [-0.39, 0.29) is 11.3 Å². The third-order valence-corrected chi connectivity index (χ3v) is 4.57. The predicted octanol–water partition coefficient (Wildman–Crippen LogP) is 4.92. The number of furan rings is 2. The Hall–Kier alpha value is -3.65. The van der Waals surface area contributed by atoms with Crippen molar-refractivity contribution in [3.63, 3.8) is 0 Å². The standard InChI is InChI=1S/C21H13BrN2O5/c22-15-4-6-18-14(9-15)10-19(29-18)20(25)24-23-11-16-5-7-17(28-16)12-2-1-3-13(8-12)21(26)27/h1-11H,(H,24,25)(H,26,27). The highest BCUT2D eigenvalue weighted by Gasteiger charge is 2.12. The average molecular weight is 453 g/mol. The first-order chi connectivity index (χ1) is 14.0. The number of nitrogens with zero attached hydrogens (tertiary/aromatic N) is 1. The first-order valence-corrected chi connectivity index (χ1v) is 9.25. The van der Waals surface area contributed by atoms with E-state index in [1.165, 1.54) is 18.3 Å². The Morgan fingerprint density at radius 1 is 1.03 bits per heavy atom. The molecule has 2 N–H and O–H groups in total. The third kappa shape index (κ3) is 4.12. The summed E-state index contributed by atoms with van der Waals surface area (Å²) in [5, 5.41) is 13.8. The SMILES string of the molecule is O=C(O)c1cccc(-c2ccc(C=NNC(=O)c3cc4cc(Br)ccc4o3)o2)c1. The maximum atomic E-state index is 12.2. The van der Waals surface area contributed by atoms with Gasteiger partial charge < -0.3 is 13.9 Å². The molecule has 2 aromatic heterocycles. The molecule has 0 aliphatic heterocycles. The summed E-state index contributed by atoms with van der Waals surface area (Å²) in [5.74, 6) is -0.477. The molecule has 0 spiro atoms. The van der Waals surface area contributed by atoms with Gasteiger partial charge >= 0.3 is 11.9 Å². The second-order valence-electron chi connectivity index (χ2n) is 6.08. The highest BCUT2D eigenvalue weighted by Crippen LogP contribution is 2.24. The lowest BCUT2D eigenvalue weighted by atomic mass is 10.1. The van der Waals surface area contributed by atoms with Crippen molar-refractivity contribution in [2.75, 3.05) is 0 Å². The van der Waals surface area contributed by atoms with Crippen LogP contribution >= 0.6 is 15.9 Å². The van der Waals surface area contributed by atoms with Gasteiger partial charge in [-0.1, -0.05) is 28.1 Å². The van der Waals surface area contributed by atoms with E-state index < -0.39 is 11.9 Å². The number of halogens is 1. The zero-order valence-corrected chi connectivity index (χ0v) is 16.3. The van der Waals surface area contributed by atoms with E-state index in [1.807, 2.05) is 12.1 Å². The Kier molecular flexibility index (Phi) is 5.01. The minimum atomic E-state index is -1.01. The molecule has 0 saturated carbocycles. The fourth-order valence-corrected chi connectivity index (χ4v) is 3.10. The van der Waals surface area contributed by atoms with Gasteiger partial charge in [0.2, 0.25) is 0 Å². The van der Waals surface area contributed by atoms with Gasteiger partial charge in [-0.25, -0.2) is 10.2 Å². The number of hydrazone groups is 1. The smallest absolute Gasteiger partial charge is 0.335 e. The van der Waals surface area contributed by atoms with Gasteiger partial charge in [-0.2, -0.15) is 5.10 Å². The van der Waals surface area contributed by atoms with Crippen LogP contribution in [0.4, 0.5) is 0 Å². The van der Waals surface area contributed by atoms with Crippen molar-refractivity contribution in [3.05, 3.63) is 82.2 Å². The molecule has 0 radical (unpaired) electrons. The van der Waals surface area contributed by atoms with Gasteiger partial charge in [0.25, 0.3) is 0 Å². The molecular formula is C21H13BrN2O5. The fraction of sp³-hybridized carbons (Fsp3) is 0. The van der Waals surface area contributed by atoms with Crippen molar-refractivity contribution < 1.29 is 23.5 Å². The van der Waals surface area contributed by atoms with Crippen molar-refractivity contribution in [2.24, 2.45) is 5.10 Å². The third-order valence-electron chi connectivity index (χ3n) is 4.08. The number of fused-ring (bicyclic) bond motifs is 1. The zero-order valence-electron chi connectivity index (χ0n) is 14.8. The van der Waals surface area contributed by atoms with Gasteiger partial charge in [-0.3, -0.25) is 4.79 Å². The maximum absolute atomic E-state index is 12.2. The van der Waals surface area contributed by atoms with E-state index in [0.29, 0.717) is 22.7 Å². The number of carboxylic acids is 1. The minimum Gasteiger partial charge on any atom is -0.478 e. The molecule has 2 aromatic carbocycles. The van der Waals surface area contributed by atoms with Crippen LogP contribution in [0.25, 0.3) is 22.3 Å². The van der Waals surface area contributed by atoms with Crippen molar-refractivity contribution in [3.8, 4) is 11.3 Å². The second-order valence-corrected chi connectivity index (χ2v) is 7.00. The van der Waals surface area contributed by atoms with Crippen LogP contribution in [-0.4, -0.2) is 23.2 Å². The number of nitrogens with one attached hydrogen (secondary N) is 1.